The summed E-state index contributed by atoms with van der Waals surface area (Å²) in [5.41, 5.74) is 3.48. The Balaban J connectivity index is 0.967. The van der Waals surface area contributed by atoms with Crippen LogP contribution in [0.1, 0.15) is 194 Å². The molecule has 0 aromatic rings. The van der Waals surface area contributed by atoms with Crippen LogP contribution >= 0.6 is 0 Å². The fraction of sp³-hybridized carbons (Fsp3) is 0.905. The average Bonchev–Trinajstić information content (AvgIpc) is 3.06. The highest BCUT2D eigenvalue weighted by Gasteiger charge is 2.29. The minimum Gasteiger partial charge on any atom is -0.381 e. The van der Waals surface area contributed by atoms with E-state index in [0.717, 1.165) is 48.7 Å². The van der Waals surface area contributed by atoms with E-state index in [2.05, 4.69) is 26.0 Å². The molecule has 2 fully saturated rings. The first-order chi connectivity index (χ1) is 21.2. The van der Waals surface area contributed by atoms with Crippen LogP contribution in [-0.4, -0.2) is 13.2 Å². The van der Waals surface area contributed by atoms with Gasteiger partial charge in [0.1, 0.15) is 0 Å². The second kappa shape index (κ2) is 21.3. The molecule has 2 saturated carbocycles. The molecule has 0 spiro atoms. The van der Waals surface area contributed by atoms with Gasteiger partial charge in [-0.1, -0.05) is 127 Å². The highest BCUT2D eigenvalue weighted by molar-refractivity contribution is 5.08. The van der Waals surface area contributed by atoms with Gasteiger partial charge in [0.2, 0.25) is 0 Å². The number of hydrogen-bond acceptors (Lipinski definition) is 1. The molecule has 4 rings (SSSR count). The lowest BCUT2D eigenvalue weighted by Crippen LogP contribution is -2.23. The average molecular weight is 595 g/mol. The van der Waals surface area contributed by atoms with Gasteiger partial charge in [0, 0.05) is 13.2 Å². The molecular formula is C42H74O. The first kappa shape index (κ1) is 35.3. The van der Waals surface area contributed by atoms with Crippen LogP contribution in [0.15, 0.2) is 23.3 Å². The van der Waals surface area contributed by atoms with E-state index in [1.807, 2.05) is 0 Å². The zero-order valence-electron chi connectivity index (χ0n) is 29.2. The minimum absolute atomic E-state index is 0.964. The molecule has 0 amide bonds. The summed E-state index contributed by atoms with van der Waals surface area (Å²) in [5.74, 6) is 6.15. The van der Waals surface area contributed by atoms with Crippen molar-refractivity contribution in [1.82, 2.24) is 0 Å². The summed E-state index contributed by atoms with van der Waals surface area (Å²) in [6.45, 7) is 6.58. The van der Waals surface area contributed by atoms with Crippen molar-refractivity contribution < 1.29 is 4.74 Å². The predicted molar refractivity (Wildman–Crippen MR) is 189 cm³/mol. The molecule has 1 nitrogen and oxygen atoms in total. The summed E-state index contributed by atoms with van der Waals surface area (Å²) in [6.07, 6.45) is 45.5. The molecule has 0 saturated heterocycles. The van der Waals surface area contributed by atoms with E-state index >= 15 is 0 Å². The molecule has 4 aliphatic rings. The van der Waals surface area contributed by atoms with Crippen molar-refractivity contribution in [2.24, 2.45) is 35.5 Å². The highest BCUT2D eigenvalue weighted by atomic mass is 16.5. The van der Waals surface area contributed by atoms with Gasteiger partial charge in [0.15, 0.2) is 0 Å². The van der Waals surface area contributed by atoms with E-state index in [1.54, 1.807) is 11.1 Å². The van der Waals surface area contributed by atoms with Crippen LogP contribution in [0.2, 0.25) is 0 Å². The molecule has 2 unspecified atom stereocenters. The third-order valence-electron chi connectivity index (χ3n) is 12.7. The van der Waals surface area contributed by atoms with Gasteiger partial charge in [-0.15, -0.1) is 0 Å². The van der Waals surface area contributed by atoms with E-state index in [1.165, 1.54) is 180 Å². The molecule has 2 atom stereocenters. The summed E-state index contributed by atoms with van der Waals surface area (Å²) in [5, 5.41) is 0. The molecule has 4 aliphatic carbocycles. The predicted octanol–water partition coefficient (Wildman–Crippen LogP) is 13.6. The number of rotatable bonds is 20. The van der Waals surface area contributed by atoms with Crippen molar-refractivity contribution in [1.29, 1.82) is 0 Å². The largest absolute Gasteiger partial charge is 0.381 e. The highest BCUT2D eigenvalue weighted by Crippen LogP contribution is 2.42. The van der Waals surface area contributed by atoms with E-state index in [0.29, 0.717) is 0 Å². The van der Waals surface area contributed by atoms with Crippen LogP contribution in [0.25, 0.3) is 0 Å². The number of allylic oxidation sites excluding steroid dienone is 4. The Labute approximate surface area is 269 Å². The van der Waals surface area contributed by atoms with Crippen LogP contribution in [0.3, 0.4) is 0 Å². The topological polar surface area (TPSA) is 9.23 Å². The first-order valence-electron chi connectivity index (χ1n) is 20.2. The smallest absolute Gasteiger partial charge is 0.0469 e. The maximum Gasteiger partial charge on any atom is 0.0469 e. The SMILES string of the molecule is CCCCCCC1CCC(C2CC=C(CCCOCCCC3=CCC(C4CCC(CCCCCC)CC4)CC3)CC2)CC1. The minimum atomic E-state index is 0.964. The van der Waals surface area contributed by atoms with E-state index in [-0.39, 0.29) is 0 Å². The Morgan fingerprint density at radius 2 is 0.930 bits per heavy atom. The van der Waals surface area contributed by atoms with Crippen molar-refractivity contribution in [2.45, 2.75) is 194 Å². The molecule has 0 aliphatic heterocycles. The maximum absolute atomic E-state index is 6.10. The summed E-state index contributed by atoms with van der Waals surface area (Å²) >= 11 is 0. The standard InChI is InChI=1S/C42H74O/c1-3-5-7-9-13-35-17-25-39(26-18-35)41-29-21-37(22-30-41)15-11-33-43-34-12-16-38-23-31-42(32-24-38)40-27-19-36(20-28-40)14-10-8-6-4-2/h21,23,35-36,39-42H,3-20,22,24-34H2,1-2H3. The Morgan fingerprint density at radius 3 is 1.30 bits per heavy atom. The number of ether oxygens (including phenoxy) is 1. The fourth-order valence-electron chi connectivity index (χ4n) is 9.65. The number of unbranched alkanes of at least 4 members (excludes halogenated alkanes) is 6. The Kier molecular flexibility index (Phi) is 17.5. The second-order valence-corrected chi connectivity index (χ2v) is 15.9. The normalized spacial score (nSPS) is 30.2. The molecule has 0 aromatic heterocycles. The quantitative estimate of drug-likeness (QED) is 0.101. The second-order valence-electron chi connectivity index (χ2n) is 15.9. The van der Waals surface area contributed by atoms with Gasteiger partial charge in [-0.05, 0) is 125 Å². The van der Waals surface area contributed by atoms with Crippen molar-refractivity contribution in [3.63, 3.8) is 0 Å². The molecule has 43 heavy (non-hydrogen) atoms. The van der Waals surface area contributed by atoms with Crippen molar-refractivity contribution in [3.05, 3.63) is 23.3 Å². The van der Waals surface area contributed by atoms with Gasteiger partial charge in [-0.3, -0.25) is 0 Å². The molecule has 0 radical (unpaired) electrons. The lowest BCUT2D eigenvalue weighted by atomic mass is 9.70. The first-order valence-corrected chi connectivity index (χ1v) is 20.2. The summed E-state index contributed by atoms with van der Waals surface area (Å²) in [4.78, 5) is 0. The van der Waals surface area contributed by atoms with Crippen LogP contribution in [0, 0.1) is 35.5 Å². The van der Waals surface area contributed by atoms with Gasteiger partial charge in [-0.25, -0.2) is 0 Å². The monoisotopic (exact) mass is 595 g/mol. The van der Waals surface area contributed by atoms with E-state index in [4.69, 9.17) is 4.74 Å². The van der Waals surface area contributed by atoms with Crippen LogP contribution in [0.4, 0.5) is 0 Å². The summed E-state index contributed by atoms with van der Waals surface area (Å²) in [7, 11) is 0. The molecular weight excluding hydrogens is 520 g/mol. The molecule has 0 bridgehead atoms. The van der Waals surface area contributed by atoms with Crippen molar-refractivity contribution in [3.8, 4) is 0 Å². The summed E-state index contributed by atoms with van der Waals surface area (Å²) in [6, 6.07) is 0. The van der Waals surface area contributed by atoms with Gasteiger partial charge in [-0.2, -0.15) is 0 Å². The van der Waals surface area contributed by atoms with Gasteiger partial charge < -0.3 is 4.74 Å². The zero-order valence-corrected chi connectivity index (χ0v) is 29.2. The van der Waals surface area contributed by atoms with Gasteiger partial charge in [0.05, 0.1) is 0 Å². The van der Waals surface area contributed by atoms with Gasteiger partial charge >= 0.3 is 0 Å². The maximum atomic E-state index is 6.10. The van der Waals surface area contributed by atoms with E-state index < -0.39 is 0 Å². The van der Waals surface area contributed by atoms with Crippen LogP contribution in [-0.2, 0) is 4.74 Å². The lowest BCUT2D eigenvalue weighted by molar-refractivity contribution is 0.128. The molecule has 248 valence electrons. The van der Waals surface area contributed by atoms with Crippen molar-refractivity contribution >= 4 is 0 Å². The molecule has 0 aromatic carbocycles. The van der Waals surface area contributed by atoms with E-state index in [9.17, 15) is 0 Å². The van der Waals surface area contributed by atoms with Crippen molar-refractivity contribution in [2.75, 3.05) is 13.2 Å². The van der Waals surface area contributed by atoms with Crippen LogP contribution < -0.4 is 0 Å². The molecule has 0 heterocycles. The van der Waals surface area contributed by atoms with Crippen LogP contribution in [0.5, 0.6) is 0 Å². The Morgan fingerprint density at radius 1 is 0.488 bits per heavy atom. The fourth-order valence-corrected chi connectivity index (χ4v) is 9.65. The zero-order chi connectivity index (χ0) is 30.0. The third kappa shape index (κ3) is 13.4. The third-order valence-corrected chi connectivity index (χ3v) is 12.7. The number of hydrogen-bond donors (Lipinski definition) is 0. The van der Waals surface area contributed by atoms with Gasteiger partial charge in [0.25, 0.3) is 0 Å². The Bertz CT molecular complexity index is 698. The Hall–Kier alpha value is -0.560. The molecule has 0 N–H and O–H groups in total. The summed E-state index contributed by atoms with van der Waals surface area (Å²) < 4.78 is 6.10. The molecule has 1 heteroatoms. The lowest BCUT2D eigenvalue weighted by Gasteiger charge is -2.35.